The summed E-state index contributed by atoms with van der Waals surface area (Å²) in [7, 11) is 3.91. The van der Waals surface area contributed by atoms with E-state index in [0.717, 1.165) is 32.5 Å². The Bertz CT molecular complexity index is 1220. The SMILES string of the molecule is CC[C@H]1OC(=O)[C@]2(C)CCO[C@@](C)(C[C@@H](C)CN[C@H](C)[C@H]3NC(=O)O[C@@]31C)[C@H](O[C@@H]1O[C@H](CN3CCCCC3)C[C@H](N(C)C)[C@H]1O)[C@@H](C)C2=O. The third kappa shape index (κ3) is 7.89. The lowest BCUT2D eigenvalue weighted by atomic mass is 9.70. The lowest BCUT2D eigenvalue weighted by molar-refractivity contribution is -0.303. The van der Waals surface area contributed by atoms with Gasteiger partial charge in [-0.15, -0.1) is 0 Å². The van der Waals surface area contributed by atoms with Gasteiger partial charge in [-0.05, 0) is 106 Å². The maximum atomic E-state index is 14.7. The normalized spacial score (nSPS) is 45.5. The van der Waals surface area contributed by atoms with Gasteiger partial charge in [0.25, 0.3) is 0 Å². The van der Waals surface area contributed by atoms with E-state index < -0.39 is 65.2 Å². The number of carbonyl (C=O) groups is 3. The molecule has 13 heteroatoms. The number of likely N-dealkylation sites (tertiary alicyclic amines) is 1. The Labute approximate surface area is 298 Å². The minimum absolute atomic E-state index is 0.0505. The van der Waals surface area contributed by atoms with Crippen LogP contribution >= 0.6 is 0 Å². The number of carbonyl (C=O) groups excluding carboxylic acids is 3. The minimum Gasteiger partial charge on any atom is -0.457 e. The molecule has 2 bridgehead atoms. The molecule has 0 aliphatic carbocycles. The van der Waals surface area contributed by atoms with Crippen LogP contribution in [0.25, 0.3) is 0 Å². The monoisotopic (exact) mass is 708 g/mol. The summed E-state index contributed by atoms with van der Waals surface area (Å²) in [5.41, 5.74) is -3.68. The number of ketones is 1. The number of likely N-dealkylation sites (N-methyl/N-ethyl adjacent to an activating group) is 1. The van der Waals surface area contributed by atoms with Crippen molar-refractivity contribution < 1.29 is 43.2 Å². The van der Waals surface area contributed by atoms with E-state index in [1.165, 1.54) is 6.42 Å². The van der Waals surface area contributed by atoms with Gasteiger partial charge in [-0.1, -0.05) is 27.2 Å². The van der Waals surface area contributed by atoms with Crippen molar-refractivity contribution in [3.8, 4) is 0 Å². The number of nitrogens with zero attached hydrogens (tertiary/aromatic N) is 2. The van der Waals surface area contributed by atoms with Gasteiger partial charge in [0.1, 0.15) is 17.6 Å². The molecule has 0 aromatic rings. The zero-order valence-electron chi connectivity index (χ0n) is 31.9. The van der Waals surface area contributed by atoms with Crippen LogP contribution in [0.1, 0.15) is 93.4 Å². The van der Waals surface area contributed by atoms with Crippen LogP contribution < -0.4 is 10.6 Å². The van der Waals surface area contributed by atoms with E-state index in [2.05, 4.69) is 22.5 Å². The number of esters is 1. The van der Waals surface area contributed by atoms with Gasteiger partial charge in [0.05, 0.1) is 23.9 Å². The number of ether oxygens (including phenoxy) is 5. The zero-order valence-corrected chi connectivity index (χ0v) is 31.9. The van der Waals surface area contributed by atoms with Crippen LogP contribution in [0.4, 0.5) is 4.79 Å². The molecule has 13 atom stereocenters. The van der Waals surface area contributed by atoms with Crippen LogP contribution in [-0.2, 0) is 33.3 Å². The summed E-state index contributed by atoms with van der Waals surface area (Å²) >= 11 is 0. The molecule has 13 nitrogen and oxygen atoms in total. The molecule has 0 aromatic carbocycles. The third-order valence-electron chi connectivity index (χ3n) is 12.4. The summed E-state index contributed by atoms with van der Waals surface area (Å²) in [6.45, 7) is 16.6. The summed E-state index contributed by atoms with van der Waals surface area (Å²) < 4.78 is 32.2. The highest BCUT2D eigenvalue weighted by atomic mass is 16.7. The fraction of sp³-hybridized carbons (Fsp3) is 0.919. The topological polar surface area (TPSA) is 148 Å². The summed E-state index contributed by atoms with van der Waals surface area (Å²) in [5, 5.41) is 18.2. The van der Waals surface area contributed by atoms with E-state index in [9.17, 15) is 19.5 Å². The molecule has 0 saturated carbocycles. The summed E-state index contributed by atoms with van der Waals surface area (Å²) in [6.07, 6.45) is 0.893. The van der Waals surface area contributed by atoms with Crippen LogP contribution in [0.15, 0.2) is 0 Å². The number of aliphatic hydroxyl groups is 1. The summed E-state index contributed by atoms with van der Waals surface area (Å²) in [5.74, 6) is -1.75. The van der Waals surface area contributed by atoms with E-state index in [1.807, 2.05) is 39.8 Å². The molecule has 50 heavy (non-hydrogen) atoms. The predicted octanol–water partition coefficient (Wildman–Crippen LogP) is 2.86. The highest BCUT2D eigenvalue weighted by Crippen LogP contribution is 2.43. The lowest BCUT2D eigenvalue weighted by Gasteiger charge is -2.49. The molecule has 0 unspecified atom stereocenters. The molecule has 6 fully saturated rings. The zero-order chi connectivity index (χ0) is 36.6. The fourth-order valence-electron chi connectivity index (χ4n) is 9.32. The molecule has 6 aliphatic rings. The van der Waals surface area contributed by atoms with Gasteiger partial charge < -0.3 is 49.2 Å². The van der Waals surface area contributed by atoms with Crippen molar-refractivity contribution in [2.45, 2.75) is 153 Å². The Morgan fingerprint density at radius 1 is 1.06 bits per heavy atom. The minimum atomic E-state index is -1.55. The number of fused-ring (bicyclic) bond motifs is 10. The lowest BCUT2D eigenvalue weighted by Crippen LogP contribution is -2.62. The maximum Gasteiger partial charge on any atom is 0.408 e. The average molecular weight is 709 g/mol. The number of hydrogen-bond donors (Lipinski definition) is 3. The fourth-order valence-corrected chi connectivity index (χ4v) is 9.32. The van der Waals surface area contributed by atoms with Crippen molar-refractivity contribution in [3.05, 3.63) is 0 Å². The number of piperidine rings is 1. The highest BCUT2D eigenvalue weighted by Gasteiger charge is 2.58. The van der Waals surface area contributed by atoms with E-state index in [1.54, 1.807) is 20.8 Å². The molecule has 0 spiro atoms. The van der Waals surface area contributed by atoms with E-state index in [4.69, 9.17) is 23.7 Å². The Morgan fingerprint density at radius 2 is 1.76 bits per heavy atom. The van der Waals surface area contributed by atoms with Crippen LogP contribution in [-0.4, -0.2) is 140 Å². The number of alkyl carbamates (subject to hydrolysis) is 1. The first-order valence-corrected chi connectivity index (χ1v) is 19.0. The second kappa shape index (κ2) is 15.6. The number of Topliss-reactive ketones (excluding diaryl/α,β-unsaturated/α-hetero) is 1. The van der Waals surface area contributed by atoms with Crippen LogP contribution in [0.2, 0.25) is 0 Å². The first-order chi connectivity index (χ1) is 23.5. The van der Waals surface area contributed by atoms with Gasteiger partial charge in [0.15, 0.2) is 17.7 Å². The number of aliphatic hydroxyl groups excluding tert-OH is 1. The first kappa shape index (κ1) is 39.3. The van der Waals surface area contributed by atoms with E-state index in [0.29, 0.717) is 25.8 Å². The van der Waals surface area contributed by atoms with Gasteiger partial charge >= 0.3 is 12.1 Å². The molecule has 6 saturated heterocycles. The van der Waals surface area contributed by atoms with Crippen molar-refractivity contribution in [3.63, 3.8) is 0 Å². The van der Waals surface area contributed by atoms with Crippen LogP contribution in [0.3, 0.4) is 0 Å². The van der Waals surface area contributed by atoms with Crippen molar-refractivity contribution >= 4 is 17.8 Å². The average Bonchev–Trinajstić information content (AvgIpc) is 3.38. The molecule has 0 aromatic heterocycles. The van der Waals surface area contributed by atoms with E-state index >= 15 is 0 Å². The molecule has 3 N–H and O–H groups in total. The van der Waals surface area contributed by atoms with Crippen molar-refractivity contribution in [1.29, 1.82) is 0 Å². The Hall–Kier alpha value is -1.87. The Balaban J connectivity index is 1.49. The second-order valence-corrected chi connectivity index (χ2v) is 16.7. The summed E-state index contributed by atoms with van der Waals surface area (Å²) in [4.78, 5) is 46.0. The number of hydrogen-bond acceptors (Lipinski definition) is 12. The molecule has 1 amide bonds. The molecule has 6 aliphatic heterocycles. The molecule has 6 rings (SSSR count). The molecular weight excluding hydrogens is 644 g/mol. The third-order valence-corrected chi connectivity index (χ3v) is 12.4. The maximum absolute atomic E-state index is 14.7. The van der Waals surface area contributed by atoms with Crippen LogP contribution in [0, 0.1) is 17.3 Å². The van der Waals surface area contributed by atoms with Crippen molar-refractivity contribution in [1.82, 2.24) is 20.4 Å². The van der Waals surface area contributed by atoms with Gasteiger partial charge in [-0.25, -0.2) is 4.79 Å². The first-order valence-electron chi connectivity index (χ1n) is 19.0. The second-order valence-electron chi connectivity index (χ2n) is 16.7. The largest absolute Gasteiger partial charge is 0.457 e. The van der Waals surface area contributed by atoms with E-state index in [-0.39, 0.29) is 42.9 Å². The Morgan fingerprint density at radius 3 is 2.42 bits per heavy atom. The van der Waals surface area contributed by atoms with Gasteiger partial charge in [-0.2, -0.15) is 0 Å². The number of nitrogens with one attached hydrogen (secondary N) is 2. The van der Waals surface area contributed by atoms with Gasteiger partial charge in [0, 0.05) is 31.2 Å². The quantitative estimate of drug-likeness (QED) is 0.275. The van der Waals surface area contributed by atoms with Crippen molar-refractivity contribution in [2.75, 3.05) is 46.9 Å². The van der Waals surface area contributed by atoms with Crippen molar-refractivity contribution in [2.24, 2.45) is 17.3 Å². The molecule has 286 valence electrons. The summed E-state index contributed by atoms with van der Waals surface area (Å²) in [6, 6.07) is -0.924. The van der Waals surface area contributed by atoms with Crippen LogP contribution in [0.5, 0.6) is 0 Å². The molecule has 6 heterocycles. The smallest absolute Gasteiger partial charge is 0.408 e. The number of amides is 1. The molecule has 0 radical (unpaired) electrons. The highest BCUT2D eigenvalue weighted by molar-refractivity contribution is 6.04. The standard InChI is InChI=1S/C37H64N4O9/c1-10-27-37(7)29(39-34(45)50-37)24(4)38-20-22(2)19-36(6)31(23(3)30(43)35(5,14-17-46-36)33(44)48-27)49-32-28(42)26(40(8)9)18-25(47-32)21-41-15-12-11-13-16-41/h22-29,31-32,38,42H,10-21H2,1-9H3,(H,39,45)/t22-,23+,24-,25+,26+,27-,28-,29-,31-,32+,35-,36+,37-/m1/s1. The van der Waals surface area contributed by atoms with Gasteiger partial charge in [-0.3, -0.25) is 9.59 Å². The number of rotatable bonds is 6. The molecular formula is C37H64N4O9. The predicted molar refractivity (Wildman–Crippen MR) is 186 cm³/mol. The van der Waals surface area contributed by atoms with Gasteiger partial charge in [0.2, 0.25) is 0 Å². The Kier molecular flexibility index (Phi) is 12.3.